The maximum atomic E-state index is 11.9. The Balaban J connectivity index is 3.91. The second-order valence-corrected chi connectivity index (χ2v) is 6.51. The Morgan fingerprint density at radius 1 is 0.810 bits per heavy atom. The largest absolute Gasteiger partial charge is 0.359 e. The lowest BCUT2D eigenvalue weighted by Crippen LogP contribution is -2.27. The molecule has 0 aromatic heterocycles. The summed E-state index contributed by atoms with van der Waals surface area (Å²) in [6.45, 7) is 6.81. The van der Waals surface area contributed by atoms with E-state index in [4.69, 9.17) is 0 Å². The van der Waals surface area contributed by atoms with Crippen LogP contribution in [0.25, 0.3) is 0 Å². The van der Waals surface area contributed by atoms with Crippen LogP contribution in [0.15, 0.2) is 0 Å². The predicted molar refractivity (Wildman–Crippen MR) is 93.5 cm³/mol. The average Bonchev–Trinajstić information content (AvgIpc) is 2.51. The van der Waals surface area contributed by atoms with Crippen LogP contribution in [-0.2, 0) is 4.79 Å². The number of carbonyl (C=O) groups is 1. The first-order valence-corrected chi connectivity index (χ1v) is 9.41. The Kier molecular flexibility index (Phi) is 14.0. The van der Waals surface area contributed by atoms with Crippen molar-refractivity contribution in [2.24, 2.45) is 11.8 Å². The Morgan fingerprint density at radius 2 is 1.33 bits per heavy atom. The molecule has 126 valence electrons. The highest BCUT2D eigenvalue weighted by atomic mass is 16.1. The summed E-state index contributed by atoms with van der Waals surface area (Å²) in [6, 6.07) is 0. The van der Waals surface area contributed by atoms with E-state index in [1.54, 1.807) is 7.05 Å². The molecule has 0 bridgehead atoms. The minimum absolute atomic E-state index is 0.247. The van der Waals surface area contributed by atoms with Crippen molar-refractivity contribution in [2.75, 3.05) is 7.05 Å². The number of hydrogen-bond donors (Lipinski definition) is 1. The number of hydrogen-bond acceptors (Lipinski definition) is 1. The molecule has 2 nitrogen and oxygen atoms in total. The van der Waals surface area contributed by atoms with Crippen LogP contribution < -0.4 is 5.32 Å². The summed E-state index contributed by atoms with van der Waals surface area (Å²) in [5.74, 6) is 1.41. The first kappa shape index (κ1) is 20.5. The summed E-state index contributed by atoms with van der Waals surface area (Å²) in [7, 11) is 1.77. The van der Waals surface area contributed by atoms with Crippen molar-refractivity contribution in [1.82, 2.24) is 5.32 Å². The van der Waals surface area contributed by atoms with Crippen molar-refractivity contribution in [3.05, 3.63) is 0 Å². The number of nitrogens with one attached hydrogen (secondary N) is 1. The molecule has 0 rings (SSSR count). The predicted octanol–water partition coefficient (Wildman–Crippen LogP) is 5.71. The molecular weight excluding hydrogens is 258 g/mol. The fourth-order valence-corrected chi connectivity index (χ4v) is 3.12. The van der Waals surface area contributed by atoms with E-state index in [0.29, 0.717) is 0 Å². The summed E-state index contributed by atoms with van der Waals surface area (Å²) in [4.78, 5) is 11.9. The molecule has 0 fully saturated rings. The molecule has 0 aromatic carbocycles. The van der Waals surface area contributed by atoms with Gasteiger partial charge in [0.1, 0.15) is 0 Å². The van der Waals surface area contributed by atoms with Gasteiger partial charge in [0.05, 0.1) is 0 Å². The van der Waals surface area contributed by atoms with Crippen LogP contribution in [0.1, 0.15) is 97.8 Å². The van der Waals surface area contributed by atoms with Crippen LogP contribution in [0.5, 0.6) is 0 Å². The van der Waals surface area contributed by atoms with Crippen molar-refractivity contribution in [1.29, 1.82) is 0 Å². The first-order valence-electron chi connectivity index (χ1n) is 9.41. The lowest BCUT2D eigenvalue weighted by molar-refractivity contribution is -0.125. The van der Waals surface area contributed by atoms with Gasteiger partial charge in [-0.25, -0.2) is 0 Å². The summed E-state index contributed by atoms with van der Waals surface area (Å²) < 4.78 is 0. The Hall–Kier alpha value is -0.530. The molecule has 0 aromatic rings. The summed E-state index contributed by atoms with van der Waals surface area (Å²) in [5, 5.41) is 2.84. The van der Waals surface area contributed by atoms with Gasteiger partial charge in [-0.05, 0) is 18.8 Å². The molecule has 1 N–H and O–H groups in total. The molecule has 0 unspecified atom stereocenters. The number of amides is 1. The van der Waals surface area contributed by atoms with E-state index in [0.717, 1.165) is 18.8 Å². The summed E-state index contributed by atoms with van der Waals surface area (Å²) >= 11 is 0. The quantitative estimate of drug-likeness (QED) is 0.409. The Labute approximate surface area is 133 Å². The first-order chi connectivity index (χ1) is 10.2. The molecule has 0 aliphatic carbocycles. The molecular formula is C19H39NO. The Bertz CT molecular complexity index is 240. The van der Waals surface area contributed by atoms with E-state index in [2.05, 4.69) is 26.1 Å². The van der Waals surface area contributed by atoms with E-state index >= 15 is 0 Å². The molecule has 21 heavy (non-hydrogen) atoms. The molecule has 0 aliphatic rings. The van der Waals surface area contributed by atoms with Crippen LogP contribution in [0.2, 0.25) is 0 Å². The third kappa shape index (κ3) is 10.8. The zero-order valence-electron chi connectivity index (χ0n) is 15.0. The average molecular weight is 298 g/mol. The van der Waals surface area contributed by atoms with Crippen molar-refractivity contribution in [3.8, 4) is 0 Å². The fourth-order valence-electron chi connectivity index (χ4n) is 3.12. The van der Waals surface area contributed by atoms with Crippen molar-refractivity contribution in [3.63, 3.8) is 0 Å². The van der Waals surface area contributed by atoms with Crippen LogP contribution in [-0.4, -0.2) is 13.0 Å². The van der Waals surface area contributed by atoms with Gasteiger partial charge in [-0.3, -0.25) is 4.79 Å². The molecule has 0 saturated heterocycles. The van der Waals surface area contributed by atoms with Gasteiger partial charge in [-0.1, -0.05) is 85.0 Å². The second-order valence-electron chi connectivity index (χ2n) is 6.51. The van der Waals surface area contributed by atoms with Gasteiger partial charge in [-0.2, -0.15) is 0 Å². The maximum Gasteiger partial charge on any atom is 0.222 e. The van der Waals surface area contributed by atoms with E-state index in [-0.39, 0.29) is 11.8 Å². The number of rotatable bonds is 14. The number of unbranched alkanes of at least 4 members (excludes halogenated alkanes) is 4. The van der Waals surface area contributed by atoms with Gasteiger partial charge in [0.25, 0.3) is 0 Å². The molecule has 2 heteroatoms. The second kappa shape index (κ2) is 14.4. The van der Waals surface area contributed by atoms with Crippen LogP contribution in [0, 0.1) is 11.8 Å². The standard InChI is InChI=1S/C19H39NO/c1-5-8-10-15-18(19(21)20-4)16-12-11-14-17(7-3)13-9-6-2/h17-18H,5-16H2,1-4H3,(H,20,21)/t17-,18-/m1/s1. The van der Waals surface area contributed by atoms with Crippen LogP contribution in [0.3, 0.4) is 0 Å². The SMILES string of the molecule is CCCCC[C@H](CCCC[C@H](CC)CCCC)C(=O)NC. The van der Waals surface area contributed by atoms with Crippen molar-refractivity contribution >= 4 is 5.91 Å². The highest BCUT2D eigenvalue weighted by Crippen LogP contribution is 2.22. The van der Waals surface area contributed by atoms with Gasteiger partial charge in [0.15, 0.2) is 0 Å². The number of carbonyl (C=O) groups excluding carboxylic acids is 1. The molecule has 0 heterocycles. The van der Waals surface area contributed by atoms with Crippen LogP contribution in [0.4, 0.5) is 0 Å². The highest BCUT2D eigenvalue weighted by molar-refractivity contribution is 5.78. The monoisotopic (exact) mass is 297 g/mol. The minimum Gasteiger partial charge on any atom is -0.359 e. The van der Waals surface area contributed by atoms with E-state index < -0.39 is 0 Å². The minimum atomic E-state index is 0.247. The zero-order valence-corrected chi connectivity index (χ0v) is 15.0. The van der Waals surface area contributed by atoms with Crippen molar-refractivity contribution in [2.45, 2.75) is 97.8 Å². The summed E-state index contributed by atoms with van der Waals surface area (Å²) in [5.41, 5.74) is 0. The Morgan fingerprint density at radius 3 is 1.86 bits per heavy atom. The lowest BCUT2D eigenvalue weighted by atomic mass is 9.90. The van der Waals surface area contributed by atoms with E-state index in [9.17, 15) is 4.79 Å². The fraction of sp³-hybridized carbons (Fsp3) is 0.947. The molecule has 0 saturated carbocycles. The molecule has 0 aliphatic heterocycles. The normalized spacial score (nSPS) is 13.9. The van der Waals surface area contributed by atoms with Crippen LogP contribution >= 0.6 is 0 Å². The van der Waals surface area contributed by atoms with Crippen molar-refractivity contribution < 1.29 is 4.79 Å². The third-order valence-electron chi connectivity index (χ3n) is 4.73. The van der Waals surface area contributed by atoms with Gasteiger partial charge < -0.3 is 5.32 Å². The zero-order chi connectivity index (χ0) is 15.9. The van der Waals surface area contributed by atoms with Gasteiger partial charge in [0.2, 0.25) is 5.91 Å². The summed E-state index contributed by atoms with van der Waals surface area (Å²) in [6.07, 6.45) is 15.1. The van der Waals surface area contributed by atoms with E-state index in [1.165, 1.54) is 64.2 Å². The molecule has 0 spiro atoms. The topological polar surface area (TPSA) is 29.1 Å². The maximum absolute atomic E-state index is 11.9. The third-order valence-corrected chi connectivity index (χ3v) is 4.73. The lowest BCUT2D eigenvalue weighted by Gasteiger charge is -2.17. The molecule has 0 radical (unpaired) electrons. The molecule has 1 amide bonds. The molecule has 2 atom stereocenters. The smallest absolute Gasteiger partial charge is 0.222 e. The van der Waals surface area contributed by atoms with E-state index in [1.807, 2.05) is 0 Å². The highest BCUT2D eigenvalue weighted by Gasteiger charge is 2.16. The van der Waals surface area contributed by atoms with Gasteiger partial charge in [0, 0.05) is 13.0 Å². The van der Waals surface area contributed by atoms with Gasteiger partial charge in [-0.15, -0.1) is 0 Å². The van der Waals surface area contributed by atoms with Gasteiger partial charge >= 0.3 is 0 Å².